The van der Waals surface area contributed by atoms with Gasteiger partial charge < -0.3 is 10.2 Å². The van der Waals surface area contributed by atoms with E-state index in [0.29, 0.717) is 11.3 Å². The summed E-state index contributed by atoms with van der Waals surface area (Å²) in [6.45, 7) is 8.58. The van der Waals surface area contributed by atoms with Crippen molar-refractivity contribution in [2.24, 2.45) is 11.3 Å². The molecule has 4 heterocycles. The van der Waals surface area contributed by atoms with Crippen molar-refractivity contribution in [1.82, 2.24) is 20.5 Å². The van der Waals surface area contributed by atoms with Crippen LogP contribution in [0.15, 0.2) is 18.3 Å². The number of fused-ring (bicyclic) bond motifs is 2. The summed E-state index contributed by atoms with van der Waals surface area (Å²) in [5.74, 6) is 1.52. The van der Waals surface area contributed by atoms with E-state index in [0.717, 1.165) is 78.9 Å². The molecule has 1 aromatic carbocycles. The predicted molar refractivity (Wildman–Crippen MR) is 122 cm³/mol. The molecule has 2 aromatic heterocycles. The molecule has 3 aliphatic rings. The number of aromatic nitrogens is 3. The first kappa shape index (κ1) is 18.8. The second kappa shape index (κ2) is 6.80. The second-order valence-electron chi connectivity index (χ2n) is 9.93. The Balaban J connectivity index is 1.61. The highest BCUT2D eigenvalue weighted by molar-refractivity contribution is 5.99. The Labute approximate surface area is 182 Å². The first-order valence-electron chi connectivity index (χ1n) is 11.4. The average Bonchev–Trinajstić information content (AvgIpc) is 3.40. The van der Waals surface area contributed by atoms with Gasteiger partial charge in [-0.1, -0.05) is 13.0 Å². The molecule has 6 rings (SSSR count). The maximum Gasteiger partial charge on any atom is 0.147 e. The minimum atomic E-state index is 0.359. The Morgan fingerprint density at radius 2 is 2.13 bits per heavy atom. The fourth-order valence-electron chi connectivity index (χ4n) is 5.87. The summed E-state index contributed by atoms with van der Waals surface area (Å²) in [6, 6.07) is 6.82. The fraction of sp³-hybridized carbons (Fsp3) is 0.480. The molecule has 2 aliphatic heterocycles. The summed E-state index contributed by atoms with van der Waals surface area (Å²) in [4.78, 5) is 7.57. The van der Waals surface area contributed by atoms with Gasteiger partial charge in [0.05, 0.1) is 11.7 Å². The van der Waals surface area contributed by atoms with Crippen molar-refractivity contribution in [2.75, 3.05) is 31.1 Å². The maximum absolute atomic E-state index is 10.4. The first-order chi connectivity index (χ1) is 15.1. The van der Waals surface area contributed by atoms with Gasteiger partial charge in [-0.25, -0.2) is 4.98 Å². The van der Waals surface area contributed by atoms with Gasteiger partial charge in [0.2, 0.25) is 0 Å². The zero-order valence-electron chi connectivity index (χ0n) is 18.3. The van der Waals surface area contributed by atoms with Gasteiger partial charge in [0, 0.05) is 48.2 Å². The third-order valence-electron chi connectivity index (χ3n) is 7.73. The van der Waals surface area contributed by atoms with E-state index < -0.39 is 0 Å². The molecule has 1 spiro atoms. The number of nitrogens with zero attached hydrogens (tertiary/aromatic N) is 4. The number of hydrogen-bond acceptors (Lipinski definition) is 5. The monoisotopic (exact) mass is 412 g/mol. The van der Waals surface area contributed by atoms with Crippen LogP contribution in [0.1, 0.15) is 42.1 Å². The lowest BCUT2D eigenvalue weighted by molar-refractivity contribution is 0.199. The molecular weight excluding hydrogens is 384 g/mol. The molecule has 0 amide bonds. The number of hydrogen-bond donors (Lipinski definition) is 2. The topological polar surface area (TPSA) is 80.6 Å². The third kappa shape index (κ3) is 2.80. The largest absolute Gasteiger partial charge is 0.355 e. The fourth-order valence-corrected chi connectivity index (χ4v) is 5.87. The Hall–Kier alpha value is -2.91. The smallest absolute Gasteiger partial charge is 0.147 e. The minimum absolute atomic E-state index is 0.359. The highest BCUT2D eigenvalue weighted by Crippen LogP contribution is 2.44. The summed E-state index contributed by atoms with van der Waals surface area (Å²) in [6.07, 6.45) is 6.19. The van der Waals surface area contributed by atoms with Gasteiger partial charge in [-0.15, -0.1) is 0 Å². The Bertz CT molecular complexity index is 1230. The van der Waals surface area contributed by atoms with Gasteiger partial charge in [0.25, 0.3) is 0 Å². The molecule has 2 N–H and O–H groups in total. The number of benzene rings is 1. The van der Waals surface area contributed by atoms with E-state index in [4.69, 9.17) is 4.98 Å². The summed E-state index contributed by atoms with van der Waals surface area (Å²) in [5.41, 5.74) is 8.02. The van der Waals surface area contributed by atoms with Crippen molar-refractivity contribution < 1.29 is 0 Å². The van der Waals surface area contributed by atoms with Crippen LogP contribution in [0.5, 0.6) is 0 Å². The van der Waals surface area contributed by atoms with Crippen LogP contribution < -0.4 is 10.2 Å². The molecule has 0 radical (unpaired) electrons. The van der Waals surface area contributed by atoms with Gasteiger partial charge in [-0.05, 0) is 61.3 Å². The number of anilines is 1. The number of nitriles is 1. The molecule has 6 nitrogen and oxygen atoms in total. The van der Waals surface area contributed by atoms with E-state index in [9.17, 15) is 5.26 Å². The van der Waals surface area contributed by atoms with Crippen molar-refractivity contribution in [2.45, 2.75) is 39.5 Å². The van der Waals surface area contributed by atoms with Crippen LogP contribution in [0, 0.1) is 29.6 Å². The van der Waals surface area contributed by atoms with E-state index in [-0.39, 0.29) is 0 Å². The summed E-state index contributed by atoms with van der Waals surface area (Å²) < 4.78 is 0. The number of rotatable bonds is 2. The quantitative estimate of drug-likeness (QED) is 0.670. The van der Waals surface area contributed by atoms with Gasteiger partial charge in [0.1, 0.15) is 17.5 Å². The lowest BCUT2D eigenvalue weighted by Gasteiger charge is -2.39. The van der Waals surface area contributed by atoms with E-state index in [1.807, 2.05) is 6.20 Å². The van der Waals surface area contributed by atoms with Crippen LogP contribution >= 0.6 is 0 Å². The van der Waals surface area contributed by atoms with Crippen molar-refractivity contribution in [3.05, 3.63) is 40.7 Å². The third-order valence-corrected chi connectivity index (χ3v) is 7.73. The molecule has 1 aliphatic carbocycles. The molecule has 1 atom stereocenters. The lowest BCUT2D eigenvalue weighted by Crippen LogP contribution is -2.54. The first-order valence-corrected chi connectivity index (χ1v) is 11.4. The molecule has 6 heteroatoms. The number of aromatic amines is 1. The summed E-state index contributed by atoms with van der Waals surface area (Å²) in [5, 5.41) is 22.4. The van der Waals surface area contributed by atoms with Crippen molar-refractivity contribution >= 4 is 16.7 Å². The highest BCUT2D eigenvalue weighted by atomic mass is 15.2. The molecule has 1 unspecified atom stereocenters. The molecule has 2 saturated heterocycles. The van der Waals surface area contributed by atoms with Crippen LogP contribution in [-0.2, 0) is 12.8 Å². The van der Waals surface area contributed by atoms with Crippen LogP contribution in [0.4, 0.5) is 5.82 Å². The van der Waals surface area contributed by atoms with E-state index >= 15 is 0 Å². The standard InChI is InChI=1S/C25H28N6/c1-15-3-5-17-21(9-15)29-24(31-8-7-25(14-31)12-27-13-25)18(10-26)23(17)22-16(2)4-6-20-19(22)11-28-30-20/h4,6,11,15,27H,3,5,7-9,12-14H2,1-2H3,(H,28,30). The van der Waals surface area contributed by atoms with E-state index in [1.54, 1.807) is 0 Å². The molecule has 0 bridgehead atoms. The normalized spacial score (nSPS) is 21.8. The van der Waals surface area contributed by atoms with Crippen molar-refractivity contribution in [3.63, 3.8) is 0 Å². The molecule has 3 aromatic rings. The average molecular weight is 413 g/mol. The molecule has 158 valence electrons. The zero-order valence-corrected chi connectivity index (χ0v) is 18.3. The number of H-pyrrole nitrogens is 1. The van der Waals surface area contributed by atoms with Gasteiger partial charge >= 0.3 is 0 Å². The molecular formula is C25H28N6. The Kier molecular flexibility index (Phi) is 4.13. The zero-order chi connectivity index (χ0) is 21.2. The van der Waals surface area contributed by atoms with Crippen LogP contribution in [0.2, 0.25) is 0 Å². The van der Waals surface area contributed by atoms with Crippen molar-refractivity contribution in [3.8, 4) is 17.2 Å². The maximum atomic E-state index is 10.4. The second-order valence-corrected chi connectivity index (χ2v) is 9.93. The van der Waals surface area contributed by atoms with Gasteiger partial charge in [0.15, 0.2) is 0 Å². The van der Waals surface area contributed by atoms with E-state index in [2.05, 4.69) is 52.5 Å². The predicted octanol–water partition coefficient (Wildman–Crippen LogP) is 3.73. The number of pyridine rings is 1. The van der Waals surface area contributed by atoms with Crippen LogP contribution in [0.25, 0.3) is 22.0 Å². The highest BCUT2D eigenvalue weighted by Gasteiger charge is 2.44. The minimum Gasteiger partial charge on any atom is -0.355 e. The number of nitrogens with one attached hydrogen (secondary N) is 2. The summed E-state index contributed by atoms with van der Waals surface area (Å²) >= 11 is 0. The SMILES string of the molecule is Cc1ccc2[nH]ncc2c1-c1c(C#N)c(N2CCC3(CNC3)C2)nc2c1CCC(C)C2. The molecule has 2 fully saturated rings. The van der Waals surface area contributed by atoms with Crippen molar-refractivity contribution in [1.29, 1.82) is 5.26 Å². The molecule has 31 heavy (non-hydrogen) atoms. The van der Waals surface area contributed by atoms with E-state index in [1.165, 1.54) is 23.2 Å². The van der Waals surface area contributed by atoms with Gasteiger partial charge in [-0.2, -0.15) is 10.4 Å². The van der Waals surface area contributed by atoms with Crippen LogP contribution in [-0.4, -0.2) is 41.4 Å². The Morgan fingerprint density at radius 3 is 2.87 bits per heavy atom. The van der Waals surface area contributed by atoms with Crippen LogP contribution in [0.3, 0.4) is 0 Å². The number of aryl methyl sites for hydroxylation is 1. The van der Waals surface area contributed by atoms with Gasteiger partial charge in [-0.3, -0.25) is 5.10 Å². The lowest BCUT2D eigenvalue weighted by atomic mass is 9.80. The molecule has 0 saturated carbocycles. The Morgan fingerprint density at radius 1 is 1.26 bits per heavy atom. The summed E-state index contributed by atoms with van der Waals surface area (Å²) in [7, 11) is 0.